The van der Waals surface area contributed by atoms with Gasteiger partial charge in [-0.05, 0) is 0 Å². The average molecular weight is 210 g/mol. The summed E-state index contributed by atoms with van der Waals surface area (Å²) in [6, 6.07) is 3.95. The number of nitrogens with zero attached hydrogens (tertiary/aromatic N) is 2. The van der Waals surface area contributed by atoms with Crippen molar-refractivity contribution < 1.29 is 14.1 Å². The fraction of sp³-hybridized carbons (Fsp3) is 0.222. The number of halogens is 1. The van der Waals surface area contributed by atoms with Crippen molar-refractivity contribution in [2.75, 3.05) is 7.05 Å². The Morgan fingerprint density at radius 1 is 1.53 bits per heavy atom. The zero-order valence-corrected chi connectivity index (χ0v) is 7.81. The van der Waals surface area contributed by atoms with Gasteiger partial charge in [-0.2, -0.15) is 0 Å². The van der Waals surface area contributed by atoms with E-state index in [4.69, 9.17) is 0 Å². The van der Waals surface area contributed by atoms with Crippen LogP contribution in [0, 0.1) is 10.1 Å². The van der Waals surface area contributed by atoms with Crippen molar-refractivity contribution in [1.82, 2.24) is 4.90 Å². The number of fused-ring (bicyclic) bond motifs is 1. The van der Waals surface area contributed by atoms with E-state index in [1.807, 2.05) is 0 Å². The third-order valence-electron chi connectivity index (χ3n) is 2.40. The van der Waals surface area contributed by atoms with Crippen molar-refractivity contribution in [3.8, 4) is 0 Å². The minimum absolute atomic E-state index is 0.0664. The van der Waals surface area contributed by atoms with Crippen LogP contribution in [-0.4, -0.2) is 22.8 Å². The molecule has 1 aromatic carbocycles. The van der Waals surface area contributed by atoms with Gasteiger partial charge in [0, 0.05) is 18.7 Å². The maximum atomic E-state index is 13.5. The molecule has 0 bridgehead atoms. The quantitative estimate of drug-likeness (QED) is 0.402. The van der Waals surface area contributed by atoms with Crippen LogP contribution in [0.5, 0.6) is 0 Å². The zero-order chi connectivity index (χ0) is 11.2. The van der Waals surface area contributed by atoms with E-state index in [0.29, 0.717) is 0 Å². The van der Waals surface area contributed by atoms with Gasteiger partial charge in [-0.1, -0.05) is 12.1 Å². The second-order valence-electron chi connectivity index (χ2n) is 3.25. The summed E-state index contributed by atoms with van der Waals surface area (Å²) in [6.45, 7) is 0. The summed E-state index contributed by atoms with van der Waals surface area (Å²) in [5, 5.41) is 10.6. The molecule has 1 unspecified atom stereocenters. The molecule has 2 rings (SSSR count). The number of carbonyl (C=O) groups excluding carboxylic acids is 1. The van der Waals surface area contributed by atoms with Crippen molar-refractivity contribution >= 4 is 11.6 Å². The van der Waals surface area contributed by atoms with Gasteiger partial charge < -0.3 is 4.90 Å². The SMILES string of the molecule is CN1C(=O)c2c(cccc2[N+](=O)[O-])C1F. The lowest BCUT2D eigenvalue weighted by molar-refractivity contribution is -0.385. The lowest BCUT2D eigenvalue weighted by Gasteiger charge is -2.10. The van der Waals surface area contributed by atoms with Crippen LogP contribution in [0.4, 0.5) is 10.1 Å². The van der Waals surface area contributed by atoms with Gasteiger partial charge in [0.2, 0.25) is 6.30 Å². The minimum Gasteiger partial charge on any atom is -0.308 e. The molecule has 5 nitrogen and oxygen atoms in total. The Bertz CT molecular complexity index is 461. The van der Waals surface area contributed by atoms with Gasteiger partial charge in [0.25, 0.3) is 11.6 Å². The zero-order valence-electron chi connectivity index (χ0n) is 7.81. The molecule has 0 aliphatic carbocycles. The Balaban J connectivity index is 2.69. The van der Waals surface area contributed by atoms with Crippen LogP contribution in [-0.2, 0) is 0 Å². The highest BCUT2D eigenvalue weighted by Crippen LogP contribution is 2.37. The van der Waals surface area contributed by atoms with Crippen LogP contribution in [0.25, 0.3) is 0 Å². The van der Waals surface area contributed by atoms with Gasteiger partial charge in [0.15, 0.2) is 0 Å². The molecule has 0 fully saturated rings. The molecular formula is C9H7FN2O3. The first kappa shape index (κ1) is 9.57. The number of rotatable bonds is 1. The molecule has 0 saturated carbocycles. The topological polar surface area (TPSA) is 63.5 Å². The van der Waals surface area contributed by atoms with Gasteiger partial charge >= 0.3 is 0 Å². The van der Waals surface area contributed by atoms with E-state index in [1.165, 1.54) is 25.2 Å². The first-order valence-corrected chi connectivity index (χ1v) is 4.22. The molecule has 15 heavy (non-hydrogen) atoms. The Hall–Kier alpha value is -1.98. The molecule has 0 saturated heterocycles. The Labute approximate surface area is 84.3 Å². The summed E-state index contributed by atoms with van der Waals surface area (Å²) in [4.78, 5) is 22.3. The van der Waals surface area contributed by atoms with E-state index < -0.39 is 17.1 Å². The molecule has 1 atom stereocenters. The van der Waals surface area contributed by atoms with E-state index in [0.717, 1.165) is 4.90 Å². The maximum Gasteiger partial charge on any atom is 0.282 e. The number of alkyl halides is 1. The second-order valence-corrected chi connectivity index (χ2v) is 3.25. The predicted octanol–water partition coefficient (Wildman–Crippen LogP) is 1.65. The number of nitro groups is 1. The number of hydrogen-bond donors (Lipinski definition) is 0. The van der Waals surface area contributed by atoms with Crippen molar-refractivity contribution in [2.24, 2.45) is 0 Å². The third kappa shape index (κ3) is 1.18. The molecule has 1 aliphatic rings. The first-order valence-electron chi connectivity index (χ1n) is 4.22. The molecule has 78 valence electrons. The normalized spacial score (nSPS) is 19.2. The highest BCUT2D eigenvalue weighted by molar-refractivity contribution is 6.02. The lowest BCUT2D eigenvalue weighted by Crippen LogP contribution is -2.20. The van der Waals surface area contributed by atoms with E-state index in [9.17, 15) is 19.3 Å². The Kier molecular flexibility index (Phi) is 1.92. The van der Waals surface area contributed by atoms with E-state index in [1.54, 1.807) is 0 Å². The van der Waals surface area contributed by atoms with Crippen LogP contribution in [0.3, 0.4) is 0 Å². The number of carbonyl (C=O) groups is 1. The van der Waals surface area contributed by atoms with Crippen molar-refractivity contribution in [3.63, 3.8) is 0 Å². The summed E-state index contributed by atoms with van der Waals surface area (Å²) >= 11 is 0. The standard InChI is InChI=1S/C9H7FN2O3/c1-11-8(10)5-3-2-4-6(12(14)15)7(5)9(11)13/h2-4,8H,1H3. The average Bonchev–Trinajstić information content (AvgIpc) is 2.44. The van der Waals surface area contributed by atoms with Crippen LogP contribution in [0.15, 0.2) is 18.2 Å². The number of benzene rings is 1. The third-order valence-corrected chi connectivity index (χ3v) is 2.40. The highest BCUT2D eigenvalue weighted by Gasteiger charge is 2.39. The smallest absolute Gasteiger partial charge is 0.282 e. The largest absolute Gasteiger partial charge is 0.308 e. The molecule has 1 aliphatic heterocycles. The van der Waals surface area contributed by atoms with Crippen molar-refractivity contribution in [2.45, 2.75) is 6.30 Å². The molecule has 1 aromatic rings. The van der Waals surface area contributed by atoms with Crippen LogP contribution in [0.1, 0.15) is 22.2 Å². The molecule has 0 aromatic heterocycles. The first-order chi connectivity index (χ1) is 7.04. The molecule has 1 heterocycles. The summed E-state index contributed by atoms with van der Waals surface area (Å²) in [5.74, 6) is -0.648. The molecule has 0 radical (unpaired) electrons. The van der Waals surface area contributed by atoms with E-state index in [2.05, 4.69) is 0 Å². The Morgan fingerprint density at radius 3 is 2.80 bits per heavy atom. The fourth-order valence-corrected chi connectivity index (χ4v) is 1.63. The second kappa shape index (κ2) is 3.01. The monoisotopic (exact) mass is 210 g/mol. The predicted molar refractivity (Wildman–Crippen MR) is 49.0 cm³/mol. The summed E-state index contributed by atoms with van der Waals surface area (Å²) in [5.41, 5.74) is -0.418. The number of nitro benzene ring substituents is 1. The molecule has 1 amide bonds. The van der Waals surface area contributed by atoms with Crippen LogP contribution >= 0.6 is 0 Å². The van der Waals surface area contributed by atoms with Crippen LogP contribution in [0.2, 0.25) is 0 Å². The molecular weight excluding hydrogens is 203 g/mol. The van der Waals surface area contributed by atoms with E-state index in [-0.39, 0.29) is 16.8 Å². The fourth-order valence-electron chi connectivity index (χ4n) is 1.63. The van der Waals surface area contributed by atoms with Crippen molar-refractivity contribution in [1.29, 1.82) is 0 Å². The van der Waals surface area contributed by atoms with E-state index >= 15 is 0 Å². The maximum absolute atomic E-state index is 13.5. The summed E-state index contributed by atoms with van der Waals surface area (Å²) < 4.78 is 13.5. The van der Waals surface area contributed by atoms with Gasteiger partial charge in [-0.25, -0.2) is 4.39 Å². The molecule has 6 heteroatoms. The van der Waals surface area contributed by atoms with Gasteiger partial charge in [0.1, 0.15) is 5.56 Å². The van der Waals surface area contributed by atoms with Crippen LogP contribution < -0.4 is 0 Å². The number of amides is 1. The summed E-state index contributed by atoms with van der Waals surface area (Å²) in [7, 11) is 1.27. The Morgan fingerprint density at radius 2 is 2.20 bits per heavy atom. The number of hydrogen-bond acceptors (Lipinski definition) is 3. The van der Waals surface area contributed by atoms with Gasteiger partial charge in [-0.15, -0.1) is 0 Å². The van der Waals surface area contributed by atoms with Crippen molar-refractivity contribution in [3.05, 3.63) is 39.4 Å². The summed E-state index contributed by atoms with van der Waals surface area (Å²) in [6.07, 6.45) is -1.59. The minimum atomic E-state index is -1.59. The van der Waals surface area contributed by atoms with Gasteiger partial charge in [0.05, 0.1) is 4.92 Å². The highest BCUT2D eigenvalue weighted by atomic mass is 19.1. The molecule has 0 N–H and O–H groups in total. The lowest BCUT2D eigenvalue weighted by atomic mass is 10.1. The van der Waals surface area contributed by atoms with Gasteiger partial charge in [-0.3, -0.25) is 14.9 Å². The molecule has 0 spiro atoms.